The van der Waals surface area contributed by atoms with Crippen molar-refractivity contribution in [3.63, 3.8) is 0 Å². The monoisotopic (exact) mass is 218 g/mol. The zero-order chi connectivity index (χ0) is 10.3. The minimum absolute atomic E-state index is 0.704. The van der Waals surface area contributed by atoms with Crippen molar-refractivity contribution in [1.82, 2.24) is 10.4 Å². The SMILES string of the molecule is NC1(c2nccs2)NNc2ccccc21. The predicted octanol–water partition coefficient (Wildman–Crippen LogP) is 1.23. The first-order chi connectivity index (χ1) is 7.31. The van der Waals surface area contributed by atoms with Crippen LogP contribution in [-0.4, -0.2) is 4.98 Å². The number of benzene rings is 1. The molecular weight excluding hydrogens is 208 g/mol. The number of hydrazine groups is 1. The summed E-state index contributed by atoms with van der Waals surface area (Å²) in [6.07, 6.45) is 1.76. The Morgan fingerprint density at radius 2 is 2.20 bits per heavy atom. The maximum Gasteiger partial charge on any atom is 0.164 e. The summed E-state index contributed by atoms with van der Waals surface area (Å²) in [4.78, 5) is 4.26. The first kappa shape index (κ1) is 8.84. The Morgan fingerprint density at radius 1 is 1.33 bits per heavy atom. The number of nitrogens with one attached hydrogen (secondary N) is 2. The lowest BCUT2D eigenvalue weighted by atomic mass is 10.0. The first-order valence-corrected chi connectivity index (χ1v) is 5.50. The average Bonchev–Trinajstić information content (AvgIpc) is 2.88. The van der Waals surface area contributed by atoms with Crippen molar-refractivity contribution in [3.8, 4) is 0 Å². The second kappa shape index (κ2) is 3.03. The van der Waals surface area contributed by atoms with Crippen LogP contribution in [0.4, 0.5) is 5.69 Å². The van der Waals surface area contributed by atoms with Gasteiger partial charge in [-0.3, -0.25) is 0 Å². The number of aromatic nitrogens is 1. The fraction of sp³-hybridized carbons (Fsp3) is 0.100. The molecule has 1 aromatic carbocycles. The van der Waals surface area contributed by atoms with Crippen LogP contribution in [0, 0.1) is 0 Å². The Kier molecular flexibility index (Phi) is 1.79. The highest BCUT2D eigenvalue weighted by Crippen LogP contribution is 2.34. The van der Waals surface area contributed by atoms with Crippen LogP contribution in [0.2, 0.25) is 0 Å². The van der Waals surface area contributed by atoms with E-state index in [1.165, 1.54) is 0 Å². The Morgan fingerprint density at radius 3 is 3.00 bits per heavy atom. The molecule has 3 rings (SSSR count). The zero-order valence-corrected chi connectivity index (χ0v) is 8.71. The van der Waals surface area contributed by atoms with E-state index in [2.05, 4.69) is 15.8 Å². The molecule has 0 bridgehead atoms. The quantitative estimate of drug-likeness (QED) is 0.673. The zero-order valence-electron chi connectivity index (χ0n) is 7.90. The second-order valence-corrected chi connectivity index (χ2v) is 4.34. The van der Waals surface area contributed by atoms with Crippen molar-refractivity contribution in [3.05, 3.63) is 46.4 Å². The minimum atomic E-state index is -0.704. The molecule has 5 heteroatoms. The summed E-state index contributed by atoms with van der Waals surface area (Å²) in [6.45, 7) is 0. The molecule has 1 aliphatic rings. The molecule has 1 aromatic heterocycles. The number of fused-ring (bicyclic) bond motifs is 1. The van der Waals surface area contributed by atoms with Crippen molar-refractivity contribution < 1.29 is 0 Å². The van der Waals surface area contributed by atoms with E-state index >= 15 is 0 Å². The van der Waals surface area contributed by atoms with Crippen molar-refractivity contribution in [1.29, 1.82) is 0 Å². The highest BCUT2D eigenvalue weighted by atomic mass is 32.1. The second-order valence-electron chi connectivity index (χ2n) is 3.44. The number of nitrogens with zero attached hydrogens (tertiary/aromatic N) is 1. The lowest BCUT2D eigenvalue weighted by Crippen LogP contribution is -2.48. The van der Waals surface area contributed by atoms with E-state index in [9.17, 15) is 0 Å². The van der Waals surface area contributed by atoms with Gasteiger partial charge < -0.3 is 11.2 Å². The van der Waals surface area contributed by atoms with E-state index in [0.29, 0.717) is 0 Å². The molecule has 76 valence electrons. The molecule has 0 amide bonds. The summed E-state index contributed by atoms with van der Waals surface area (Å²) >= 11 is 1.54. The molecule has 1 atom stereocenters. The largest absolute Gasteiger partial charge is 0.319 e. The summed E-state index contributed by atoms with van der Waals surface area (Å²) in [5.74, 6) is 0. The van der Waals surface area contributed by atoms with E-state index in [4.69, 9.17) is 5.73 Å². The van der Waals surface area contributed by atoms with E-state index in [1.807, 2.05) is 29.6 Å². The van der Waals surface area contributed by atoms with Gasteiger partial charge in [0.2, 0.25) is 0 Å². The molecule has 0 saturated carbocycles. The van der Waals surface area contributed by atoms with Crippen LogP contribution in [0.5, 0.6) is 0 Å². The van der Waals surface area contributed by atoms with Gasteiger partial charge in [0.15, 0.2) is 5.66 Å². The van der Waals surface area contributed by atoms with Gasteiger partial charge in [0.1, 0.15) is 5.01 Å². The van der Waals surface area contributed by atoms with Gasteiger partial charge in [-0.1, -0.05) is 18.2 Å². The van der Waals surface area contributed by atoms with Crippen LogP contribution in [0.25, 0.3) is 0 Å². The number of para-hydroxylation sites is 1. The highest BCUT2D eigenvalue weighted by molar-refractivity contribution is 7.09. The van der Waals surface area contributed by atoms with Gasteiger partial charge in [-0.25, -0.2) is 10.4 Å². The van der Waals surface area contributed by atoms with Gasteiger partial charge in [0, 0.05) is 17.1 Å². The number of anilines is 1. The summed E-state index contributed by atoms with van der Waals surface area (Å²) in [5.41, 5.74) is 13.8. The van der Waals surface area contributed by atoms with Gasteiger partial charge in [0.05, 0.1) is 5.69 Å². The summed E-state index contributed by atoms with van der Waals surface area (Å²) in [5, 5.41) is 2.78. The molecule has 4 nitrogen and oxygen atoms in total. The molecular formula is C10H10N4S. The number of rotatable bonds is 1. The smallest absolute Gasteiger partial charge is 0.164 e. The molecule has 15 heavy (non-hydrogen) atoms. The first-order valence-electron chi connectivity index (χ1n) is 4.62. The van der Waals surface area contributed by atoms with Crippen molar-refractivity contribution in [2.45, 2.75) is 5.66 Å². The molecule has 4 N–H and O–H groups in total. The fourth-order valence-electron chi connectivity index (χ4n) is 1.76. The Bertz CT molecular complexity index is 482. The average molecular weight is 218 g/mol. The molecule has 1 aliphatic heterocycles. The van der Waals surface area contributed by atoms with Crippen LogP contribution in [-0.2, 0) is 5.66 Å². The molecule has 1 unspecified atom stereocenters. The molecule has 0 radical (unpaired) electrons. The minimum Gasteiger partial charge on any atom is -0.319 e. The van der Waals surface area contributed by atoms with Crippen LogP contribution < -0.4 is 16.6 Å². The van der Waals surface area contributed by atoms with Crippen LogP contribution >= 0.6 is 11.3 Å². The lowest BCUT2D eigenvalue weighted by molar-refractivity contribution is 0.481. The standard InChI is InChI=1S/C10H10N4S/c11-10(9-12-5-6-15-9)7-3-1-2-4-8(7)13-14-10/h1-6,13-14H,11H2. The van der Waals surface area contributed by atoms with Crippen molar-refractivity contribution in [2.24, 2.45) is 5.73 Å². The van der Waals surface area contributed by atoms with E-state index in [1.54, 1.807) is 17.5 Å². The molecule has 0 saturated heterocycles. The normalized spacial score (nSPS) is 23.5. The van der Waals surface area contributed by atoms with Gasteiger partial charge in [-0.15, -0.1) is 11.3 Å². The fourth-order valence-corrected chi connectivity index (χ4v) is 2.48. The van der Waals surface area contributed by atoms with E-state index in [0.717, 1.165) is 16.3 Å². The maximum absolute atomic E-state index is 6.31. The summed E-state index contributed by atoms with van der Waals surface area (Å²) < 4.78 is 0. The maximum atomic E-state index is 6.31. The Hall–Kier alpha value is -1.43. The Labute approximate surface area is 91.1 Å². The van der Waals surface area contributed by atoms with E-state index in [-0.39, 0.29) is 0 Å². The van der Waals surface area contributed by atoms with Crippen LogP contribution in [0.1, 0.15) is 10.6 Å². The molecule has 2 heterocycles. The number of hydrogen-bond donors (Lipinski definition) is 3. The number of hydrogen-bond acceptors (Lipinski definition) is 5. The summed E-state index contributed by atoms with van der Waals surface area (Å²) in [6, 6.07) is 7.94. The van der Waals surface area contributed by atoms with Crippen molar-refractivity contribution >= 4 is 17.0 Å². The van der Waals surface area contributed by atoms with Crippen molar-refractivity contribution in [2.75, 3.05) is 5.43 Å². The van der Waals surface area contributed by atoms with E-state index < -0.39 is 5.66 Å². The van der Waals surface area contributed by atoms with Gasteiger partial charge in [-0.2, -0.15) is 0 Å². The summed E-state index contributed by atoms with van der Waals surface area (Å²) in [7, 11) is 0. The third kappa shape index (κ3) is 1.18. The third-order valence-corrected chi connectivity index (χ3v) is 3.42. The predicted molar refractivity (Wildman–Crippen MR) is 60.3 cm³/mol. The van der Waals surface area contributed by atoms with Crippen LogP contribution in [0.3, 0.4) is 0 Å². The lowest BCUT2D eigenvalue weighted by Gasteiger charge is -2.21. The molecule has 0 aliphatic carbocycles. The van der Waals surface area contributed by atoms with Gasteiger partial charge in [-0.05, 0) is 6.07 Å². The molecule has 0 fully saturated rings. The molecule has 2 aromatic rings. The van der Waals surface area contributed by atoms with Gasteiger partial charge >= 0.3 is 0 Å². The Balaban J connectivity index is 2.17. The van der Waals surface area contributed by atoms with Gasteiger partial charge in [0.25, 0.3) is 0 Å². The number of nitrogens with two attached hydrogens (primary N) is 1. The molecule has 0 spiro atoms. The highest BCUT2D eigenvalue weighted by Gasteiger charge is 2.38. The van der Waals surface area contributed by atoms with Crippen LogP contribution in [0.15, 0.2) is 35.8 Å². The third-order valence-electron chi connectivity index (χ3n) is 2.52. The topological polar surface area (TPSA) is 63.0 Å². The number of thiazole rings is 1.